The molecule has 1 aromatic carbocycles. The van der Waals surface area contributed by atoms with Crippen LogP contribution >= 0.6 is 0 Å². The minimum Gasteiger partial charge on any atom is -0.494 e. The largest absolute Gasteiger partial charge is 0.494 e. The Morgan fingerprint density at radius 2 is 2.09 bits per heavy atom. The van der Waals surface area contributed by atoms with Crippen LogP contribution in [-0.4, -0.2) is 23.2 Å². The fourth-order valence-electron chi connectivity index (χ4n) is 3.16. The highest BCUT2D eigenvalue weighted by molar-refractivity contribution is 5.27. The van der Waals surface area contributed by atoms with Crippen molar-refractivity contribution in [3.05, 3.63) is 47.3 Å². The summed E-state index contributed by atoms with van der Waals surface area (Å²) in [4.78, 5) is 2.49. The Labute approximate surface area is 138 Å². The van der Waals surface area contributed by atoms with E-state index in [0.717, 1.165) is 36.7 Å². The zero-order valence-corrected chi connectivity index (χ0v) is 14.3. The molecule has 0 bridgehead atoms. The van der Waals surface area contributed by atoms with Crippen LogP contribution in [0.1, 0.15) is 62.6 Å². The van der Waals surface area contributed by atoms with E-state index in [4.69, 9.17) is 9.26 Å². The van der Waals surface area contributed by atoms with E-state index < -0.39 is 0 Å². The summed E-state index contributed by atoms with van der Waals surface area (Å²) in [5.74, 6) is 2.36. The summed E-state index contributed by atoms with van der Waals surface area (Å²) in [7, 11) is 0. The maximum atomic E-state index is 5.62. The number of ether oxygens (including phenoxy) is 1. The monoisotopic (exact) mass is 314 g/mol. The van der Waals surface area contributed by atoms with Crippen molar-refractivity contribution in [1.82, 2.24) is 10.1 Å². The van der Waals surface area contributed by atoms with Crippen molar-refractivity contribution in [3.8, 4) is 5.75 Å². The lowest BCUT2D eigenvalue weighted by Crippen LogP contribution is -2.22. The lowest BCUT2D eigenvalue weighted by molar-refractivity contribution is 0.206. The molecule has 4 nitrogen and oxygen atoms in total. The average Bonchev–Trinajstić information content (AvgIpc) is 3.18. The second-order valence-electron chi connectivity index (χ2n) is 6.51. The van der Waals surface area contributed by atoms with Gasteiger partial charge in [0.15, 0.2) is 5.76 Å². The van der Waals surface area contributed by atoms with Gasteiger partial charge in [0.25, 0.3) is 0 Å². The second-order valence-corrected chi connectivity index (χ2v) is 6.51. The van der Waals surface area contributed by atoms with E-state index >= 15 is 0 Å². The first-order valence-corrected chi connectivity index (χ1v) is 8.59. The van der Waals surface area contributed by atoms with Crippen molar-refractivity contribution in [2.24, 2.45) is 0 Å². The predicted molar refractivity (Wildman–Crippen MR) is 90.6 cm³/mol. The van der Waals surface area contributed by atoms with E-state index in [9.17, 15) is 0 Å². The number of benzene rings is 1. The summed E-state index contributed by atoms with van der Waals surface area (Å²) < 4.78 is 11.1. The van der Waals surface area contributed by atoms with Gasteiger partial charge in [-0.3, -0.25) is 4.90 Å². The van der Waals surface area contributed by atoms with Gasteiger partial charge in [0, 0.05) is 12.6 Å². The number of rotatable bonds is 6. The van der Waals surface area contributed by atoms with Crippen LogP contribution in [0.3, 0.4) is 0 Å². The normalized spacial score (nSPS) is 18.7. The second kappa shape index (κ2) is 7.18. The van der Waals surface area contributed by atoms with E-state index in [1.807, 2.05) is 6.92 Å². The summed E-state index contributed by atoms with van der Waals surface area (Å²) in [6, 6.07) is 10.9. The summed E-state index contributed by atoms with van der Waals surface area (Å²) in [6.07, 6.45) is 2.35. The fraction of sp³-hybridized carbons (Fsp3) is 0.526. The Balaban J connectivity index is 1.68. The van der Waals surface area contributed by atoms with Gasteiger partial charge in [-0.1, -0.05) is 31.1 Å². The molecule has 0 saturated carbocycles. The molecule has 0 radical (unpaired) electrons. The molecule has 2 heterocycles. The number of hydrogen-bond donors (Lipinski definition) is 0. The number of aromatic nitrogens is 1. The molecule has 1 aliphatic rings. The maximum absolute atomic E-state index is 5.62. The van der Waals surface area contributed by atoms with Crippen LogP contribution in [0.25, 0.3) is 0 Å². The van der Waals surface area contributed by atoms with E-state index in [-0.39, 0.29) is 0 Å². The molecular weight excluding hydrogens is 288 g/mol. The van der Waals surface area contributed by atoms with Gasteiger partial charge in [0.1, 0.15) is 5.75 Å². The molecule has 0 spiro atoms. The predicted octanol–water partition coefficient (Wildman–Crippen LogP) is 4.53. The zero-order valence-electron chi connectivity index (χ0n) is 14.3. The Kier molecular flexibility index (Phi) is 5.01. The highest BCUT2D eigenvalue weighted by Gasteiger charge is 2.29. The molecule has 1 atom stereocenters. The van der Waals surface area contributed by atoms with E-state index in [2.05, 4.69) is 54.2 Å². The molecule has 1 aromatic heterocycles. The quantitative estimate of drug-likeness (QED) is 0.785. The maximum Gasteiger partial charge on any atom is 0.154 e. The van der Waals surface area contributed by atoms with Crippen molar-refractivity contribution in [2.45, 2.75) is 52.1 Å². The minimum atomic E-state index is 0.349. The molecule has 0 amide bonds. The molecule has 4 heteroatoms. The fourth-order valence-corrected chi connectivity index (χ4v) is 3.16. The third kappa shape index (κ3) is 3.75. The molecule has 23 heavy (non-hydrogen) atoms. The van der Waals surface area contributed by atoms with Gasteiger partial charge in [-0.2, -0.15) is 0 Å². The molecule has 0 aliphatic carbocycles. The summed E-state index contributed by atoms with van der Waals surface area (Å²) in [6.45, 7) is 9.05. The van der Waals surface area contributed by atoms with Gasteiger partial charge < -0.3 is 9.26 Å². The molecule has 2 aromatic rings. The molecule has 0 N–H and O–H groups in total. The Morgan fingerprint density at radius 3 is 2.74 bits per heavy atom. The van der Waals surface area contributed by atoms with Gasteiger partial charge >= 0.3 is 0 Å². The minimum absolute atomic E-state index is 0.349. The Morgan fingerprint density at radius 1 is 1.30 bits per heavy atom. The first kappa shape index (κ1) is 16.1. The van der Waals surface area contributed by atoms with Gasteiger partial charge in [-0.05, 0) is 49.9 Å². The van der Waals surface area contributed by atoms with Crippen LogP contribution in [0.2, 0.25) is 0 Å². The summed E-state index contributed by atoms with van der Waals surface area (Å²) in [5.41, 5.74) is 2.36. The van der Waals surface area contributed by atoms with Crippen LogP contribution in [0.5, 0.6) is 5.75 Å². The van der Waals surface area contributed by atoms with Crippen LogP contribution in [0.15, 0.2) is 34.9 Å². The van der Waals surface area contributed by atoms with Gasteiger partial charge in [0.05, 0.1) is 18.3 Å². The topological polar surface area (TPSA) is 38.5 Å². The van der Waals surface area contributed by atoms with Crippen molar-refractivity contribution < 1.29 is 9.26 Å². The zero-order chi connectivity index (χ0) is 16.2. The van der Waals surface area contributed by atoms with Crippen molar-refractivity contribution in [2.75, 3.05) is 13.2 Å². The Bertz CT molecular complexity index is 619. The first-order chi connectivity index (χ1) is 11.2. The number of nitrogens with zero attached hydrogens (tertiary/aromatic N) is 2. The van der Waals surface area contributed by atoms with Crippen LogP contribution in [0.4, 0.5) is 0 Å². The molecule has 1 saturated heterocycles. The number of hydrogen-bond acceptors (Lipinski definition) is 4. The van der Waals surface area contributed by atoms with Crippen LogP contribution in [-0.2, 0) is 6.54 Å². The highest BCUT2D eigenvalue weighted by atomic mass is 16.5. The summed E-state index contributed by atoms with van der Waals surface area (Å²) in [5, 5.41) is 4.22. The van der Waals surface area contributed by atoms with Crippen LogP contribution < -0.4 is 4.74 Å². The number of likely N-dealkylation sites (tertiary alicyclic amines) is 1. The standard InChI is InChI=1S/C19H26N2O2/c1-4-22-16-9-7-15(8-10-16)13-21-11-5-6-18(21)19-12-17(14(2)3)20-23-19/h7-10,12,14,18H,4-6,11,13H2,1-3H3/t18-/m0/s1. The van der Waals surface area contributed by atoms with E-state index in [0.29, 0.717) is 18.6 Å². The van der Waals surface area contributed by atoms with Gasteiger partial charge in [-0.15, -0.1) is 0 Å². The lowest BCUT2D eigenvalue weighted by Gasteiger charge is -2.22. The van der Waals surface area contributed by atoms with Crippen molar-refractivity contribution >= 4 is 0 Å². The van der Waals surface area contributed by atoms with E-state index in [1.165, 1.54) is 12.0 Å². The first-order valence-electron chi connectivity index (χ1n) is 8.59. The van der Waals surface area contributed by atoms with E-state index in [1.54, 1.807) is 0 Å². The molecular formula is C19H26N2O2. The molecule has 1 aliphatic heterocycles. The van der Waals surface area contributed by atoms with Gasteiger partial charge in [0.2, 0.25) is 0 Å². The Hall–Kier alpha value is -1.81. The smallest absolute Gasteiger partial charge is 0.154 e. The average molecular weight is 314 g/mol. The molecule has 3 rings (SSSR count). The van der Waals surface area contributed by atoms with Crippen molar-refractivity contribution in [1.29, 1.82) is 0 Å². The van der Waals surface area contributed by atoms with Crippen molar-refractivity contribution in [3.63, 3.8) is 0 Å². The molecule has 124 valence electrons. The SMILES string of the molecule is CCOc1ccc(CN2CCC[C@H]2c2cc(C(C)C)no2)cc1. The third-order valence-corrected chi connectivity index (χ3v) is 4.45. The lowest BCUT2D eigenvalue weighted by atomic mass is 10.1. The molecule has 0 unspecified atom stereocenters. The van der Waals surface area contributed by atoms with Gasteiger partial charge in [-0.25, -0.2) is 0 Å². The summed E-state index contributed by atoms with van der Waals surface area (Å²) >= 11 is 0. The highest BCUT2D eigenvalue weighted by Crippen LogP contribution is 2.34. The molecule has 1 fully saturated rings. The third-order valence-electron chi connectivity index (χ3n) is 4.45. The van der Waals surface area contributed by atoms with Crippen LogP contribution in [0, 0.1) is 0 Å².